The van der Waals surface area contributed by atoms with Crippen molar-refractivity contribution in [3.8, 4) is 0 Å². The van der Waals surface area contributed by atoms with Crippen molar-refractivity contribution in [3.05, 3.63) is 35.4 Å². The molecule has 3 N–H and O–H groups in total. The molecule has 104 valence electrons. The maximum Gasteiger partial charge on any atom is 0.248 e. The molecule has 0 aliphatic carbocycles. The number of nitrogens with zero attached hydrogens (tertiary/aromatic N) is 1. The number of benzene rings is 1. The van der Waals surface area contributed by atoms with E-state index in [0.717, 1.165) is 26.1 Å². The summed E-state index contributed by atoms with van der Waals surface area (Å²) >= 11 is 0. The number of carbonyl (C=O) groups excluding carboxylic acids is 1. The first-order chi connectivity index (χ1) is 9.19. The molecule has 0 spiro atoms. The first-order valence-corrected chi connectivity index (χ1v) is 6.91. The topological polar surface area (TPSA) is 66.6 Å². The van der Waals surface area contributed by atoms with Gasteiger partial charge in [-0.3, -0.25) is 9.69 Å². The lowest BCUT2D eigenvalue weighted by Gasteiger charge is -2.32. The van der Waals surface area contributed by atoms with Gasteiger partial charge in [-0.2, -0.15) is 0 Å². The molecule has 4 heteroatoms. The molecular weight excluding hydrogens is 240 g/mol. The Hall–Kier alpha value is -1.39. The van der Waals surface area contributed by atoms with Crippen molar-refractivity contribution < 1.29 is 9.90 Å². The van der Waals surface area contributed by atoms with Gasteiger partial charge in [0.1, 0.15) is 0 Å². The SMILES string of the molecule is NC(=O)c1ccc(CN2CCCC(CCO)C2)cc1. The zero-order valence-corrected chi connectivity index (χ0v) is 11.2. The van der Waals surface area contributed by atoms with Gasteiger partial charge >= 0.3 is 0 Å². The highest BCUT2D eigenvalue weighted by atomic mass is 16.3. The van der Waals surface area contributed by atoms with Gasteiger partial charge in [-0.25, -0.2) is 0 Å². The fourth-order valence-corrected chi connectivity index (χ4v) is 2.75. The minimum Gasteiger partial charge on any atom is -0.396 e. The summed E-state index contributed by atoms with van der Waals surface area (Å²) in [7, 11) is 0. The van der Waals surface area contributed by atoms with E-state index in [1.807, 2.05) is 12.1 Å². The summed E-state index contributed by atoms with van der Waals surface area (Å²) in [4.78, 5) is 13.4. The molecule has 1 atom stereocenters. The molecule has 1 aliphatic rings. The zero-order chi connectivity index (χ0) is 13.7. The first-order valence-electron chi connectivity index (χ1n) is 6.91. The fraction of sp³-hybridized carbons (Fsp3) is 0.533. The first kappa shape index (κ1) is 14.0. The normalized spacial score (nSPS) is 20.4. The van der Waals surface area contributed by atoms with Crippen LogP contribution in [0.4, 0.5) is 0 Å². The number of likely N-dealkylation sites (tertiary alicyclic amines) is 1. The number of aliphatic hydroxyl groups excluding tert-OH is 1. The summed E-state index contributed by atoms with van der Waals surface area (Å²) in [6.45, 7) is 3.35. The molecule has 1 amide bonds. The second-order valence-corrected chi connectivity index (χ2v) is 5.32. The summed E-state index contributed by atoms with van der Waals surface area (Å²) in [5, 5.41) is 9.01. The van der Waals surface area contributed by atoms with E-state index >= 15 is 0 Å². The number of carbonyl (C=O) groups is 1. The molecule has 2 rings (SSSR count). The minimum atomic E-state index is -0.382. The third-order valence-corrected chi connectivity index (χ3v) is 3.79. The lowest BCUT2D eigenvalue weighted by Crippen LogP contribution is -2.35. The van der Waals surface area contributed by atoms with E-state index < -0.39 is 0 Å². The van der Waals surface area contributed by atoms with Gasteiger partial charge in [0.25, 0.3) is 0 Å². The van der Waals surface area contributed by atoms with Crippen LogP contribution < -0.4 is 5.73 Å². The standard InChI is InChI=1S/C15H22N2O2/c16-15(19)14-5-3-13(4-6-14)11-17-8-1-2-12(10-17)7-9-18/h3-6,12,18H,1-2,7-11H2,(H2,16,19). The van der Waals surface area contributed by atoms with Gasteiger partial charge in [0.2, 0.25) is 5.91 Å². The largest absolute Gasteiger partial charge is 0.396 e. The number of hydrogen-bond acceptors (Lipinski definition) is 3. The lowest BCUT2D eigenvalue weighted by molar-refractivity contribution is 0.100. The maximum absolute atomic E-state index is 11.0. The van der Waals surface area contributed by atoms with Gasteiger partial charge in [-0.1, -0.05) is 12.1 Å². The Labute approximate surface area is 114 Å². The molecule has 1 aromatic carbocycles. The molecule has 0 bridgehead atoms. The summed E-state index contributed by atoms with van der Waals surface area (Å²) in [5.41, 5.74) is 6.99. The van der Waals surface area contributed by atoms with E-state index in [1.165, 1.54) is 18.4 Å². The predicted molar refractivity (Wildman–Crippen MR) is 74.7 cm³/mol. The van der Waals surface area contributed by atoms with Crippen LogP contribution >= 0.6 is 0 Å². The fourth-order valence-electron chi connectivity index (χ4n) is 2.75. The molecule has 1 unspecified atom stereocenters. The van der Waals surface area contributed by atoms with E-state index in [2.05, 4.69) is 4.90 Å². The predicted octanol–water partition coefficient (Wildman–Crippen LogP) is 1.38. The highest BCUT2D eigenvalue weighted by Gasteiger charge is 2.19. The second kappa shape index (κ2) is 6.68. The van der Waals surface area contributed by atoms with Crippen molar-refractivity contribution >= 4 is 5.91 Å². The van der Waals surface area contributed by atoms with Gasteiger partial charge in [0.15, 0.2) is 0 Å². The van der Waals surface area contributed by atoms with Crippen molar-refractivity contribution in [2.45, 2.75) is 25.8 Å². The van der Waals surface area contributed by atoms with Crippen molar-refractivity contribution in [1.29, 1.82) is 0 Å². The number of amides is 1. The third-order valence-electron chi connectivity index (χ3n) is 3.79. The highest BCUT2D eigenvalue weighted by Crippen LogP contribution is 2.21. The van der Waals surface area contributed by atoms with Crippen molar-refractivity contribution in [2.24, 2.45) is 11.7 Å². The summed E-state index contributed by atoms with van der Waals surface area (Å²) < 4.78 is 0. The molecule has 1 aromatic rings. The average Bonchev–Trinajstić information content (AvgIpc) is 2.40. The van der Waals surface area contributed by atoms with E-state index in [1.54, 1.807) is 12.1 Å². The number of aliphatic hydroxyl groups is 1. The van der Waals surface area contributed by atoms with Crippen molar-refractivity contribution in [1.82, 2.24) is 4.90 Å². The number of hydrogen-bond donors (Lipinski definition) is 2. The van der Waals surface area contributed by atoms with E-state index in [0.29, 0.717) is 11.5 Å². The Kier molecular flexibility index (Phi) is 4.93. The molecule has 0 aromatic heterocycles. The van der Waals surface area contributed by atoms with Crippen LogP contribution in [0.15, 0.2) is 24.3 Å². The van der Waals surface area contributed by atoms with Gasteiger partial charge in [-0.05, 0) is 49.4 Å². The van der Waals surface area contributed by atoms with E-state index in [9.17, 15) is 4.79 Å². The molecule has 1 saturated heterocycles. The molecule has 1 heterocycles. The summed E-state index contributed by atoms with van der Waals surface area (Å²) in [6.07, 6.45) is 3.32. The molecule has 4 nitrogen and oxygen atoms in total. The smallest absolute Gasteiger partial charge is 0.248 e. The molecule has 19 heavy (non-hydrogen) atoms. The summed E-state index contributed by atoms with van der Waals surface area (Å²) in [5.74, 6) is 0.233. The van der Waals surface area contributed by atoms with Crippen LogP contribution in [0.5, 0.6) is 0 Å². The second-order valence-electron chi connectivity index (χ2n) is 5.32. The van der Waals surface area contributed by atoms with Crippen LogP contribution in [0, 0.1) is 5.92 Å². The van der Waals surface area contributed by atoms with Crippen LogP contribution in [0.3, 0.4) is 0 Å². The van der Waals surface area contributed by atoms with Crippen molar-refractivity contribution in [2.75, 3.05) is 19.7 Å². The van der Waals surface area contributed by atoms with Gasteiger partial charge in [0, 0.05) is 25.3 Å². The van der Waals surface area contributed by atoms with E-state index in [4.69, 9.17) is 10.8 Å². The zero-order valence-electron chi connectivity index (χ0n) is 11.2. The Morgan fingerprint density at radius 3 is 2.74 bits per heavy atom. The van der Waals surface area contributed by atoms with Crippen LogP contribution in [0.25, 0.3) is 0 Å². The number of nitrogens with two attached hydrogens (primary N) is 1. The van der Waals surface area contributed by atoms with Crippen LogP contribution in [-0.2, 0) is 6.54 Å². The molecule has 0 saturated carbocycles. The molecule has 1 fully saturated rings. The summed E-state index contributed by atoms with van der Waals surface area (Å²) in [6, 6.07) is 7.51. The van der Waals surface area contributed by atoms with Crippen LogP contribution in [0.2, 0.25) is 0 Å². The molecular formula is C15H22N2O2. The third kappa shape index (κ3) is 4.04. The van der Waals surface area contributed by atoms with Crippen LogP contribution in [0.1, 0.15) is 35.2 Å². The highest BCUT2D eigenvalue weighted by molar-refractivity contribution is 5.92. The lowest BCUT2D eigenvalue weighted by atomic mass is 9.95. The Morgan fingerprint density at radius 2 is 2.11 bits per heavy atom. The molecule has 1 aliphatic heterocycles. The van der Waals surface area contributed by atoms with Gasteiger partial charge in [0.05, 0.1) is 0 Å². The maximum atomic E-state index is 11.0. The Morgan fingerprint density at radius 1 is 1.37 bits per heavy atom. The Bertz CT molecular complexity index is 415. The molecule has 0 radical (unpaired) electrons. The Balaban J connectivity index is 1.91. The van der Waals surface area contributed by atoms with E-state index in [-0.39, 0.29) is 12.5 Å². The average molecular weight is 262 g/mol. The monoisotopic (exact) mass is 262 g/mol. The number of rotatable bonds is 5. The van der Waals surface area contributed by atoms with Crippen LogP contribution in [-0.4, -0.2) is 35.6 Å². The number of primary amides is 1. The minimum absolute atomic E-state index is 0.284. The quantitative estimate of drug-likeness (QED) is 0.842. The van der Waals surface area contributed by atoms with Gasteiger partial charge < -0.3 is 10.8 Å². The number of piperidine rings is 1. The van der Waals surface area contributed by atoms with Gasteiger partial charge in [-0.15, -0.1) is 0 Å². The van der Waals surface area contributed by atoms with Crippen molar-refractivity contribution in [3.63, 3.8) is 0 Å².